The molecular weight excluding hydrogens is 268 g/mol. The molecule has 21 heavy (non-hydrogen) atoms. The Morgan fingerprint density at radius 3 is 2.86 bits per heavy atom. The van der Waals surface area contributed by atoms with Crippen molar-refractivity contribution >= 4 is 23.2 Å². The fourth-order valence-corrected chi connectivity index (χ4v) is 2.06. The van der Waals surface area contributed by atoms with Gasteiger partial charge in [0, 0.05) is 19.4 Å². The van der Waals surface area contributed by atoms with Crippen LogP contribution in [0.25, 0.3) is 5.65 Å². The lowest BCUT2D eigenvalue weighted by Crippen LogP contribution is -2.13. The molecule has 7 heteroatoms. The largest absolute Gasteiger partial charge is 0.387 e. The molecule has 0 spiro atoms. The molecule has 0 saturated carbocycles. The highest BCUT2D eigenvalue weighted by atomic mass is 16.1. The molecular formula is C14H14N6O. The Labute approximate surface area is 121 Å². The van der Waals surface area contributed by atoms with E-state index >= 15 is 0 Å². The van der Waals surface area contributed by atoms with Gasteiger partial charge in [-0.05, 0) is 31.2 Å². The lowest BCUT2D eigenvalue weighted by Gasteiger charge is -2.05. The summed E-state index contributed by atoms with van der Waals surface area (Å²) in [7, 11) is 1.84. The van der Waals surface area contributed by atoms with Gasteiger partial charge in [-0.1, -0.05) is 0 Å². The van der Waals surface area contributed by atoms with Crippen LogP contribution in [0.15, 0.2) is 36.7 Å². The number of fused-ring (bicyclic) bond motifs is 1. The van der Waals surface area contributed by atoms with Crippen molar-refractivity contribution in [1.82, 2.24) is 19.6 Å². The van der Waals surface area contributed by atoms with Crippen molar-refractivity contribution in [1.29, 1.82) is 0 Å². The molecule has 0 atom stereocenters. The zero-order valence-corrected chi connectivity index (χ0v) is 11.7. The van der Waals surface area contributed by atoms with Crippen LogP contribution < -0.4 is 10.6 Å². The van der Waals surface area contributed by atoms with E-state index in [0.29, 0.717) is 11.2 Å². The van der Waals surface area contributed by atoms with Crippen LogP contribution in [0.1, 0.15) is 16.1 Å². The van der Waals surface area contributed by atoms with Crippen LogP contribution in [0.4, 0.5) is 11.6 Å². The second kappa shape index (κ2) is 5.20. The first kappa shape index (κ1) is 13.0. The molecule has 0 bridgehead atoms. The van der Waals surface area contributed by atoms with Gasteiger partial charge in [0.1, 0.15) is 0 Å². The molecule has 0 aliphatic heterocycles. The van der Waals surface area contributed by atoms with E-state index in [9.17, 15) is 4.79 Å². The third-order valence-corrected chi connectivity index (χ3v) is 3.16. The van der Waals surface area contributed by atoms with E-state index in [1.54, 1.807) is 22.8 Å². The fraction of sp³-hybridized carbons (Fsp3) is 0.143. The van der Waals surface area contributed by atoms with Crippen LogP contribution in [-0.2, 0) is 0 Å². The minimum atomic E-state index is -0.287. The van der Waals surface area contributed by atoms with Gasteiger partial charge in [-0.25, -0.2) is 4.52 Å². The predicted octanol–water partition coefficient (Wildman–Crippen LogP) is 1.73. The van der Waals surface area contributed by atoms with E-state index in [4.69, 9.17) is 0 Å². The summed E-state index contributed by atoms with van der Waals surface area (Å²) >= 11 is 0. The van der Waals surface area contributed by atoms with Crippen LogP contribution in [-0.4, -0.2) is 32.5 Å². The average Bonchev–Trinajstić information content (AvgIpc) is 2.92. The minimum absolute atomic E-state index is 0.264. The number of hydrogen-bond donors (Lipinski definition) is 2. The summed E-state index contributed by atoms with van der Waals surface area (Å²) in [4.78, 5) is 20.2. The zero-order valence-electron chi connectivity index (χ0n) is 11.7. The Morgan fingerprint density at radius 1 is 1.29 bits per heavy atom. The number of nitrogens with one attached hydrogen (secondary N) is 2. The van der Waals surface area contributed by atoms with E-state index in [1.807, 2.05) is 26.1 Å². The molecule has 106 valence electrons. The highest BCUT2D eigenvalue weighted by Crippen LogP contribution is 2.17. The summed E-state index contributed by atoms with van der Waals surface area (Å²) in [6.45, 7) is 1.93. The second-order valence-corrected chi connectivity index (χ2v) is 4.48. The highest BCUT2D eigenvalue weighted by molar-refractivity contribution is 6.03. The Balaban J connectivity index is 1.92. The van der Waals surface area contributed by atoms with E-state index in [2.05, 4.69) is 25.7 Å². The monoisotopic (exact) mass is 282 g/mol. The third kappa shape index (κ3) is 2.40. The van der Waals surface area contributed by atoms with Crippen molar-refractivity contribution < 1.29 is 4.79 Å². The Morgan fingerprint density at radius 2 is 2.14 bits per heavy atom. The number of aryl methyl sites for hydroxylation is 1. The van der Waals surface area contributed by atoms with Gasteiger partial charge in [0.15, 0.2) is 5.65 Å². The Kier molecular flexibility index (Phi) is 3.23. The molecule has 1 amide bonds. The topological polar surface area (TPSA) is 84.2 Å². The molecule has 0 aliphatic rings. The Bertz CT molecular complexity index is 796. The number of amides is 1. The van der Waals surface area contributed by atoms with Gasteiger partial charge >= 0.3 is 0 Å². The van der Waals surface area contributed by atoms with Gasteiger partial charge in [-0.2, -0.15) is 4.98 Å². The van der Waals surface area contributed by atoms with Gasteiger partial charge < -0.3 is 5.32 Å². The number of pyridine rings is 2. The number of hydrogen-bond acceptors (Lipinski definition) is 5. The maximum atomic E-state index is 12.0. The molecule has 3 heterocycles. The van der Waals surface area contributed by atoms with Crippen molar-refractivity contribution in [2.24, 2.45) is 0 Å². The first-order chi connectivity index (χ1) is 10.2. The van der Waals surface area contributed by atoms with E-state index in [0.717, 1.165) is 11.4 Å². The maximum absolute atomic E-state index is 12.0. The summed E-state index contributed by atoms with van der Waals surface area (Å²) in [5.74, 6) is -0.0225. The predicted molar refractivity (Wildman–Crippen MR) is 79.5 cm³/mol. The van der Waals surface area contributed by atoms with Gasteiger partial charge in [0.2, 0.25) is 5.95 Å². The molecule has 0 fully saturated rings. The van der Waals surface area contributed by atoms with Gasteiger partial charge in [-0.15, -0.1) is 5.10 Å². The number of anilines is 2. The van der Waals surface area contributed by atoms with E-state index < -0.39 is 0 Å². The second-order valence-electron chi connectivity index (χ2n) is 4.48. The third-order valence-electron chi connectivity index (χ3n) is 3.16. The zero-order chi connectivity index (χ0) is 14.8. The van der Waals surface area contributed by atoms with Crippen molar-refractivity contribution in [2.45, 2.75) is 6.92 Å². The van der Waals surface area contributed by atoms with E-state index in [-0.39, 0.29) is 11.9 Å². The summed E-state index contributed by atoms with van der Waals surface area (Å²) in [5, 5.41) is 10.0. The average molecular weight is 282 g/mol. The van der Waals surface area contributed by atoms with Crippen LogP contribution in [0, 0.1) is 6.92 Å². The number of carbonyl (C=O) groups excluding carboxylic acids is 1. The van der Waals surface area contributed by atoms with Crippen LogP contribution in [0.5, 0.6) is 0 Å². The SMILES string of the molecule is CNc1ccc2nc(NC(=O)c3cccnc3)nn2c1C. The molecule has 0 aromatic carbocycles. The Hall–Kier alpha value is -2.96. The van der Waals surface area contributed by atoms with Crippen molar-refractivity contribution in [3.63, 3.8) is 0 Å². The van der Waals surface area contributed by atoms with Gasteiger partial charge in [-0.3, -0.25) is 15.1 Å². The van der Waals surface area contributed by atoms with Gasteiger partial charge in [0.25, 0.3) is 5.91 Å². The molecule has 0 unspecified atom stereocenters. The minimum Gasteiger partial charge on any atom is -0.387 e. The van der Waals surface area contributed by atoms with Crippen molar-refractivity contribution in [3.05, 3.63) is 47.9 Å². The molecule has 3 rings (SSSR count). The first-order valence-electron chi connectivity index (χ1n) is 6.44. The maximum Gasteiger partial charge on any atom is 0.259 e. The normalized spacial score (nSPS) is 10.6. The lowest BCUT2D eigenvalue weighted by molar-refractivity contribution is 0.102. The molecule has 2 N–H and O–H groups in total. The number of carbonyl (C=O) groups is 1. The highest BCUT2D eigenvalue weighted by Gasteiger charge is 2.12. The molecule has 0 saturated heterocycles. The quantitative estimate of drug-likeness (QED) is 0.764. The lowest BCUT2D eigenvalue weighted by atomic mass is 10.3. The molecule has 3 aromatic heterocycles. The van der Waals surface area contributed by atoms with Crippen molar-refractivity contribution in [3.8, 4) is 0 Å². The smallest absolute Gasteiger partial charge is 0.259 e. The molecule has 3 aromatic rings. The van der Waals surface area contributed by atoms with Crippen LogP contribution >= 0.6 is 0 Å². The number of aromatic nitrogens is 4. The number of rotatable bonds is 3. The van der Waals surface area contributed by atoms with Crippen LogP contribution in [0.3, 0.4) is 0 Å². The summed E-state index contributed by atoms with van der Waals surface area (Å²) in [6, 6.07) is 7.15. The first-order valence-corrected chi connectivity index (χ1v) is 6.44. The summed E-state index contributed by atoms with van der Waals surface area (Å²) in [6.07, 6.45) is 3.11. The molecule has 0 radical (unpaired) electrons. The molecule has 7 nitrogen and oxygen atoms in total. The van der Waals surface area contributed by atoms with Crippen LogP contribution in [0.2, 0.25) is 0 Å². The summed E-state index contributed by atoms with van der Waals surface area (Å²) in [5.41, 5.74) is 3.01. The van der Waals surface area contributed by atoms with E-state index in [1.165, 1.54) is 6.20 Å². The fourth-order valence-electron chi connectivity index (χ4n) is 2.06. The summed E-state index contributed by atoms with van der Waals surface area (Å²) < 4.78 is 1.69. The number of nitrogens with zero attached hydrogens (tertiary/aromatic N) is 4. The molecule has 0 aliphatic carbocycles. The van der Waals surface area contributed by atoms with Crippen molar-refractivity contribution in [2.75, 3.05) is 17.7 Å². The van der Waals surface area contributed by atoms with Gasteiger partial charge in [0.05, 0.1) is 16.9 Å². The standard InChI is InChI=1S/C14H14N6O/c1-9-11(15-2)5-6-12-17-14(19-20(9)12)18-13(21)10-4-3-7-16-8-10/h3-8,15H,1-2H3,(H,18,19,21).